The summed E-state index contributed by atoms with van der Waals surface area (Å²) in [6.45, 7) is 0. The first-order valence-electron chi connectivity index (χ1n) is 0.658. The molecule has 0 amide bonds. The van der Waals surface area contributed by atoms with Crippen LogP contribution in [0.3, 0.4) is 0 Å². The quantitative estimate of drug-likeness (QED) is 0.227. The molecule has 0 spiro atoms. The van der Waals surface area contributed by atoms with Gasteiger partial charge >= 0.3 is 0 Å². The van der Waals surface area contributed by atoms with Crippen LogP contribution in [-0.2, 0) is 0 Å². The number of rotatable bonds is 0. The molecule has 0 rings (SSSR count). The average molecular weight is 62.0 g/mol. The Labute approximate surface area is 22.3 Å². The first kappa shape index (κ1) is 3.20. The van der Waals surface area contributed by atoms with Crippen molar-refractivity contribution in [1.82, 2.24) is 0 Å². The van der Waals surface area contributed by atoms with Gasteiger partial charge in [-0.3, -0.25) is 0 Å². The molecule has 4 nitrogen and oxygen atoms in total. The molecule has 0 aromatic rings. The first-order chi connectivity index (χ1) is 1.91. The lowest BCUT2D eigenvalue weighted by Gasteiger charge is -1.63. The van der Waals surface area contributed by atoms with Gasteiger partial charge in [0, 0.05) is 10.6 Å². The minimum Gasteiger partial charge on any atom is -0.569 e. The van der Waals surface area contributed by atoms with Crippen LogP contribution in [0.5, 0.6) is 0 Å². The molecular formula is H2N2O2. The van der Waals surface area contributed by atoms with Crippen LogP contribution in [0.1, 0.15) is 0 Å². The van der Waals surface area contributed by atoms with E-state index >= 15 is 0 Å². The van der Waals surface area contributed by atoms with Crippen molar-refractivity contribution in [2.75, 3.05) is 0 Å². The molecule has 0 atom stereocenters. The Kier molecular flexibility index (Phi) is 1.76. The molecule has 0 saturated heterocycles. The molecule has 4 heavy (non-hydrogen) atoms. The van der Waals surface area contributed by atoms with Gasteiger partial charge in [0.1, 0.15) is 0 Å². The van der Waals surface area contributed by atoms with E-state index in [1.54, 1.807) is 0 Å². The van der Waals surface area contributed by atoms with Crippen LogP contribution in [-0.4, -0.2) is 0 Å². The molecular weight excluding hydrogens is 60.0 g/mol. The SMILES string of the molecule is [O-][NH+]=[NH+][O-]. The van der Waals surface area contributed by atoms with Gasteiger partial charge in [0.25, 0.3) is 0 Å². The molecule has 0 heterocycles. The third kappa shape index (κ3) is 1.20. The maximum absolute atomic E-state index is 8.62. The van der Waals surface area contributed by atoms with Crippen LogP contribution in [0, 0.1) is 10.4 Å². The van der Waals surface area contributed by atoms with Crippen LogP contribution in [0.2, 0.25) is 0 Å². The van der Waals surface area contributed by atoms with Crippen LogP contribution >= 0.6 is 0 Å². The van der Waals surface area contributed by atoms with Gasteiger partial charge < -0.3 is 10.4 Å². The molecule has 0 aliphatic carbocycles. The largest absolute Gasteiger partial charge is 0.569 e. The van der Waals surface area contributed by atoms with Gasteiger partial charge in [0.15, 0.2) is 0 Å². The average Bonchev–Trinajstić information content (AvgIpc) is 1.37. The Bertz CT molecular complexity index is 19.2. The van der Waals surface area contributed by atoms with Crippen molar-refractivity contribution in [2.45, 2.75) is 0 Å². The van der Waals surface area contributed by atoms with Crippen molar-refractivity contribution in [3.63, 3.8) is 0 Å². The maximum Gasteiger partial charge on any atom is 0.0161 e. The van der Waals surface area contributed by atoms with E-state index in [0.29, 0.717) is 0 Å². The third-order valence-electron chi connectivity index (χ3n) is 0.0417. The maximum atomic E-state index is 8.62. The van der Waals surface area contributed by atoms with Crippen LogP contribution in [0.15, 0.2) is 0 Å². The molecule has 0 aromatic carbocycles. The predicted molar refractivity (Wildman–Crippen MR) is 8.66 cm³/mol. The zero-order chi connectivity index (χ0) is 3.41. The molecule has 24 valence electrons. The molecule has 0 aliphatic rings. The van der Waals surface area contributed by atoms with E-state index in [4.69, 9.17) is 10.4 Å². The summed E-state index contributed by atoms with van der Waals surface area (Å²) >= 11 is 0. The van der Waals surface area contributed by atoms with E-state index in [-0.39, 0.29) is 0 Å². The van der Waals surface area contributed by atoms with E-state index < -0.39 is 0 Å². The summed E-state index contributed by atoms with van der Waals surface area (Å²) in [6, 6.07) is 0. The summed E-state index contributed by atoms with van der Waals surface area (Å²) in [4.78, 5) is 0. The Morgan fingerprint density at radius 1 is 1.00 bits per heavy atom. The Hall–Kier alpha value is -0.800. The fraction of sp³-hybridized carbons (Fsp3) is 0. The van der Waals surface area contributed by atoms with Crippen molar-refractivity contribution in [3.8, 4) is 0 Å². The molecule has 0 aromatic heterocycles. The third-order valence-corrected chi connectivity index (χ3v) is 0.0417. The minimum absolute atomic E-state index is 0.875. The van der Waals surface area contributed by atoms with Crippen molar-refractivity contribution < 1.29 is 10.6 Å². The highest BCUT2D eigenvalue weighted by molar-refractivity contribution is 3.70. The number of nitrogens with one attached hydrogen (secondary N) is 2. The van der Waals surface area contributed by atoms with E-state index in [1.807, 2.05) is 0 Å². The van der Waals surface area contributed by atoms with Crippen molar-refractivity contribution >= 4 is 0 Å². The number of hydrogen-bond acceptors (Lipinski definition) is 2. The van der Waals surface area contributed by atoms with Crippen molar-refractivity contribution in [3.05, 3.63) is 10.4 Å². The number of hydrogen-bond donors (Lipinski definition) is 2. The second kappa shape index (κ2) is 2.20. The molecule has 2 N–H and O–H groups in total. The second-order valence-corrected chi connectivity index (χ2v) is 0.204. The molecule has 0 aliphatic heterocycles. The van der Waals surface area contributed by atoms with Crippen LogP contribution in [0.4, 0.5) is 0 Å². The Morgan fingerprint density at radius 2 is 1.25 bits per heavy atom. The zero-order valence-corrected chi connectivity index (χ0v) is 1.82. The predicted octanol–water partition coefficient (Wildman–Crippen LogP) is -3.40. The second-order valence-electron chi connectivity index (χ2n) is 0.204. The fourth-order valence-corrected chi connectivity index (χ4v) is 0. The smallest absolute Gasteiger partial charge is 0.0161 e. The Morgan fingerprint density at radius 3 is 1.25 bits per heavy atom. The fourth-order valence-electron chi connectivity index (χ4n) is 0. The molecule has 0 unspecified atom stereocenters. The zero-order valence-electron chi connectivity index (χ0n) is 1.82. The first-order valence-corrected chi connectivity index (χ1v) is 0.658. The van der Waals surface area contributed by atoms with E-state index in [9.17, 15) is 0 Å². The summed E-state index contributed by atoms with van der Waals surface area (Å²) in [5.74, 6) is 0. The van der Waals surface area contributed by atoms with Gasteiger partial charge in [-0.05, 0) is 0 Å². The highest BCUT2D eigenvalue weighted by Crippen LogP contribution is 0.583. The Balaban J connectivity index is 2.55. The van der Waals surface area contributed by atoms with Gasteiger partial charge in [-0.15, -0.1) is 0 Å². The summed E-state index contributed by atoms with van der Waals surface area (Å²) in [6.07, 6.45) is 0. The van der Waals surface area contributed by atoms with E-state index in [1.165, 1.54) is 0 Å². The summed E-state index contributed by atoms with van der Waals surface area (Å²) in [7, 11) is 0. The van der Waals surface area contributed by atoms with Crippen LogP contribution < -0.4 is 10.6 Å². The van der Waals surface area contributed by atoms with Gasteiger partial charge in [-0.1, -0.05) is 0 Å². The normalized spacial score (nSPS) is 9.00. The molecule has 0 radical (unpaired) electrons. The minimum atomic E-state index is 0.875. The van der Waals surface area contributed by atoms with Gasteiger partial charge in [0.2, 0.25) is 0 Å². The molecule has 4 heteroatoms. The van der Waals surface area contributed by atoms with Crippen LogP contribution in [0.25, 0.3) is 0 Å². The molecule has 0 bridgehead atoms. The summed E-state index contributed by atoms with van der Waals surface area (Å²) in [5, 5.41) is 19.0. The summed E-state index contributed by atoms with van der Waals surface area (Å²) in [5.41, 5.74) is 0. The van der Waals surface area contributed by atoms with Gasteiger partial charge in [-0.25, -0.2) is 0 Å². The van der Waals surface area contributed by atoms with E-state index in [2.05, 4.69) is 0 Å². The lowest BCUT2D eigenvalue weighted by atomic mass is 13.0. The van der Waals surface area contributed by atoms with Crippen molar-refractivity contribution in [2.24, 2.45) is 0 Å². The highest BCUT2D eigenvalue weighted by Gasteiger charge is 1.27. The topological polar surface area (TPSA) is 74.1 Å². The standard InChI is InChI=1S/H2N2O2/c3-1-2-4/h1-2H. The monoisotopic (exact) mass is 62.0 g/mol. The highest BCUT2D eigenvalue weighted by atomic mass is 16.5. The van der Waals surface area contributed by atoms with Crippen molar-refractivity contribution in [1.29, 1.82) is 0 Å². The summed E-state index contributed by atoms with van der Waals surface area (Å²) < 4.78 is 0. The van der Waals surface area contributed by atoms with Gasteiger partial charge in [0.05, 0.1) is 0 Å². The molecule has 0 fully saturated rings. The lowest BCUT2D eigenvalue weighted by molar-refractivity contribution is -0.939. The van der Waals surface area contributed by atoms with Gasteiger partial charge in [-0.2, -0.15) is 0 Å². The lowest BCUT2D eigenvalue weighted by Crippen LogP contribution is -2.99. The van der Waals surface area contributed by atoms with E-state index in [0.717, 1.165) is 10.6 Å². The molecule has 0 saturated carbocycles.